The van der Waals surface area contributed by atoms with E-state index >= 15 is 0 Å². The van der Waals surface area contributed by atoms with Crippen LogP contribution in [0.25, 0.3) is 0 Å². The first-order valence-electron chi connectivity index (χ1n) is 22.3. The Hall–Kier alpha value is -8.47. The molecule has 3 aromatic carbocycles. The van der Waals surface area contributed by atoms with Gasteiger partial charge in [0.1, 0.15) is 31.3 Å². The standard InChI is InChI=1S/C45H59N9O19/c46-16-4-10-25(49-37(62)22-7-1-13-31(56)34(22)59)40(65)52-28(19-55)44(70)73-21-30(54-42(67)27(12-6-18-48)51-39(64)24-9-3-15-33(58)36(24)61)45(71)72-20-29(43(68)69)53-41(66)26(11-5-17-47)50-38(63)23-8-2-14-32(57)35(23)60/h1-3,7-9,13-15,25-30,55-61H,4-6,10-12,16-21,46-48H2,(H,49,62)(H,50,63)(H,51,64)(H,52,65)(H,53,66)(H,54,67)(H,68,69)/t25-,26-,27-,28-,29-,30-/m0/s1. The quantitative estimate of drug-likeness (QED) is 0.0236. The SMILES string of the molecule is NCCC[C@H](NC(=O)c1cccc(O)c1O)C(=O)N[C@@H](COC(=O)[C@H](COC(=O)[C@H](CO)NC(=O)[C@H](CCCN)NC(=O)c1cccc(O)c1O)NC(=O)[C@H](CCCN)NC(=O)c1cccc(O)c1O)C(=O)O. The molecule has 0 heterocycles. The van der Waals surface area contributed by atoms with E-state index in [0.29, 0.717) is 0 Å². The van der Waals surface area contributed by atoms with Gasteiger partial charge in [-0.1, -0.05) is 18.2 Å². The molecule has 0 fully saturated rings. The summed E-state index contributed by atoms with van der Waals surface area (Å²) in [5, 5.41) is 93.7. The van der Waals surface area contributed by atoms with Crippen molar-refractivity contribution in [1.82, 2.24) is 31.9 Å². The average Bonchev–Trinajstić information content (AvgIpc) is 3.36. The molecule has 0 aliphatic carbocycles. The summed E-state index contributed by atoms with van der Waals surface area (Å²) in [6, 6.07) is -0.376. The molecule has 3 rings (SSSR count). The number of carbonyl (C=O) groups is 9. The predicted molar refractivity (Wildman–Crippen MR) is 250 cm³/mol. The highest BCUT2D eigenvalue weighted by molar-refractivity contribution is 6.02. The van der Waals surface area contributed by atoms with E-state index in [-0.39, 0.29) is 58.2 Å². The smallest absolute Gasteiger partial charge is 0.332 e. The molecule has 28 heteroatoms. The molecular formula is C45H59N9O19. The molecule has 0 saturated carbocycles. The lowest BCUT2D eigenvalue weighted by Gasteiger charge is -2.25. The summed E-state index contributed by atoms with van der Waals surface area (Å²) in [4.78, 5) is 119. The van der Waals surface area contributed by atoms with Gasteiger partial charge >= 0.3 is 17.9 Å². The number of nitrogens with two attached hydrogens (primary N) is 3. The van der Waals surface area contributed by atoms with Crippen molar-refractivity contribution in [3.05, 3.63) is 71.3 Å². The van der Waals surface area contributed by atoms with Crippen LogP contribution in [-0.2, 0) is 38.2 Å². The number of aliphatic hydroxyl groups excluding tert-OH is 1. The van der Waals surface area contributed by atoms with Gasteiger partial charge in [0.25, 0.3) is 17.7 Å². The summed E-state index contributed by atoms with van der Waals surface area (Å²) >= 11 is 0. The van der Waals surface area contributed by atoms with E-state index in [0.717, 1.165) is 36.4 Å². The Morgan fingerprint density at radius 1 is 0.438 bits per heavy atom. The normalized spacial score (nSPS) is 13.3. The highest BCUT2D eigenvalue weighted by Crippen LogP contribution is 2.30. The third-order valence-electron chi connectivity index (χ3n) is 10.5. The molecule has 0 radical (unpaired) electrons. The van der Waals surface area contributed by atoms with E-state index in [1.54, 1.807) is 0 Å². The molecule has 0 spiro atoms. The summed E-state index contributed by atoms with van der Waals surface area (Å²) in [7, 11) is 0. The van der Waals surface area contributed by atoms with Crippen molar-refractivity contribution in [1.29, 1.82) is 0 Å². The monoisotopic (exact) mass is 1030 g/mol. The molecule has 398 valence electrons. The van der Waals surface area contributed by atoms with Crippen LogP contribution in [-0.4, -0.2) is 170 Å². The Morgan fingerprint density at radius 3 is 1.05 bits per heavy atom. The Bertz CT molecular complexity index is 2460. The van der Waals surface area contributed by atoms with Crippen LogP contribution in [0.1, 0.15) is 69.6 Å². The van der Waals surface area contributed by atoms with Crippen LogP contribution in [0, 0.1) is 0 Å². The van der Waals surface area contributed by atoms with E-state index in [2.05, 4.69) is 31.9 Å². The summed E-state index contributed by atoms with van der Waals surface area (Å²) < 4.78 is 10.4. The fraction of sp³-hybridized carbons (Fsp3) is 0.400. The number of hydrogen-bond acceptors (Lipinski definition) is 21. The lowest BCUT2D eigenvalue weighted by atomic mass is 10.1. The number of phenolic OH excluding ortho intramolecular Hbond substituents is 6. The Kier molecular flexibility index (Phi) is 23.4. The number of hydrogen-bond donors (Lipinski definition) is 17. The summed E-state index contributed by atoms with van der Waals surface area (Å²) in [5.41, 5.74) is 15.5. The van der Waals surface area contributed by atoms with Gasteiger partial charge in [-0.05, 0) is 94.6 Å². The predicted octanol–water partition coefficient (Wildman–Crippen LogP) is -3.55. The molecule has 0 aromatic heterocycles. The maximum atomic E-state index is 13.8. The molecule has 3 aromatic rings. The molecule has 6 amide bonds. The zero-order valence-corrected chi connectivity index (χ0v) is 38.9. The number of rotatable bonds is 29. The van der Waals surface area contributed by atoms with Crippen LogP contribution < -0.4 is 49.1 Å². The number of carboxylic acids is 1. The van der Waals surface area contributed by atoms with Gasteiger partial charge in [-0.2, -0.15) is 0 Å². The van der Waals surface area contributed by atoms with Gasteiger partial charge in [0.05, 0.1) is 23.3 Å². The zero-order chi connectivity index (χ0) is 54.4. The number of esters is 2. The molecule has 28 nitrogen and oxygen atoms in total. The van der Waals surface area contributed by atoms with Crippen molar-refractivity contribution >= 4 is 53.4 Å². The number of amides is 6. The number of para-hydroxylation sites is 3. The average molecular weight is 1030 g/mol. The summed E-state index contributed by atoms with van der Waals surface area (Å²) in [5.74, 6) is -15.8. The van der Waals surface area contributed by atoms with Gasteiger partial charge in [-0.3, -0.25) is 28.8 Å². The van der Waals surface area contributed by atoms with Crippen molar-refractivity contribution in [3.8, 4) is 34.5 Å². The zero-order valence-electron chi connectivity index (χ0n) is 38.9. The third-order valence-corrected chi connectivity index (χ3v) is 10.5. The molecule has 0 bridgehead atoms. The van der Waals surface area contributed by atoms with E-state index in [1.807, 2.05) is 0 Å². The van der Waals surface area contributed by atoms with E-state index in [9.17, 15) is 84.0 Å². The van der Waals surface area contributed by atoms with E-state index in [1.165, 1.54) is 18.2 Å². The maximum Gasteiger partial charge on any atom is 0.332 e. The minimum atomic E-state index is -2.11. The molecular weight excluding hydrogens is 971 g/mol. The maximum absolute atomic E-state index is 13.8. The Balaban J connectivity index is 1.88. The van der Waals surface area contributed by atoms with Crippen molar-refractivity contribution in [2.45, 2.75) is 74.8 Å². The van der Waals surface area contributed by atoms with Crippen molar-refractivity contribution in [3.63, 3.8) is 0 Å². The second-order valence-corrected chi connectivity index (χ2v) is 15.9. The number of carboxylic acid groups (broad SMARTS) is 1. The van der Waals surface area contributed by atoms with Crippen LogP contribution >= 0.6 is 0 Å². The topological polar surface area (TPSA) is 484 Å². The molecule has 73 heavy (non-hydrogen) atoms. The number of aromatic hydroxyl groups is 6. The van der Waals surface area contributed by atoms with Crippen LogP contribution in [0.3, 0.4) is 0 Å². The van der Waals surface area contributed by atoms with Gasteiger partial charge in [-0.15, -0.1) is 0 Å². The second-order valence-electron chi connectivity index (χ2n) is 15.9. The number of aliphatic carboxylic acids is 1. The number of phenols is 6. The first-order chi connectivity index (χ1) is 34.7. The molecule has 20 N–H and O–H groups in total. The van der Waals surface area contributed by atoms with Gasteiger partial charge in [0.2, 0.25) is 17.7 Å². The fourth-order valence-corrected chi connectivity index (χ4v) is 6.50. The van der Waals surface area contributed by atoms with Crippen LogP contribution in [0.15, 0.2) is 54.6 Å². The second kappa shape index (κ2) is 29.0. The molecule has 0 unspecified atom stereocenters. The minimum absolute atomic E-state index is 0.0103. The van der Waals surface area contributed by atoms with E-state index in [4.69, 9.17) is 26.7 Å². The van der Waals surface area contributed by atoms with Gasteiger partial charge < -0.3 is 99.4 Å². The largest absolute Gasteiger partial charge is 0.504 e. The van der Waals surface area contributed by atoms with Gasteiger partial charge in [0.15, 0.2) is 52.6 Å². The van der Waals surface area contributed by atoms with Crippen LogP contribution in [0.2, 0.25) is 0 Å². The minimum Gasteiger partial charge on any atom is -0.504 e. The first-order valence-corrected chi connectivity index (χ1v) is 22.3. The number of aliphatic hydroxyl groups is 1. The van der Waals surface area contributed by atoms with Gasteiger partial charge in [0, 0.05) is 0 Å². The molecule has 6 atom stereocenters. The summed E-state index contributed by atoms with van der Waals surface area (Å²) in [6.45, 7) is -3.53. The Labute approximate surface area is 415 Å². The highest BCUT2D eigenvalue weighted by atomic mass is 16.6. The van der Waals surface area contributed by atoms with Gasteiger partial charge in [-0.25, -0.2) is 14.4 Å². The highest BCUT2D eigenvalue weighted by Gasteiger charge is 2.35. The molecule has 0 saturated heterocycles. The third kappa shape index (κ3) is 17.4. The van der Waals surface area contributed by atoms with Crippen molar-refractivity contribution < 1.29 is 93.5 Å². The fourth-order valence-electron chi connectivity index (χ4n) is 6.50. The number of nitrogens with one attached hydrogen (secondary N) is 6. The van der Waals surface area contributed by atoms with Crippen LogP contribution in [0.4, 0.5) is 0 Å². The van der Waals surface area contributed by atoms with Crippen molar-refractivity contribution in [2.24, 2.45) is 17.2 Å². The van der Waals surface area contributed by atoms with E-state index < -0.39 is 161 Å². The summed E-state index contributed by atoms with van der Waals surface area (Å²) in [6.07, 6.45) is -0.229. The lowest BCUT2D eigenvalue weighted by Crippen LogP contribution is -2.56. The number of benzene rings is 3. The number of ether oxygens (including phenoxy) is 2. The number of carbonyl (C=O) groups excluding carboxylic acids is 8. The lowest BCUT2D eigenvalue weighted by molar-refractivity contribution is -0.158. The first kappa shape index (κ1) is 58.8. The van der Waals surface area contributed by atoms with Crippen molar-refractivity contribution in [2.75, 3.05) is 39.5 Å². The molecule has 0 aliphatic rings. The Morgan fingerprint density at radius 2 is 0.740 bits per heavy atom. The van der Waals surface area contributed by atoms with Crippen LogP contribution in [0.5, 0.6) is 34.5 Å². The molecule has 0 aliphatic heterocycles.